The Balaban J connectivity index is 1.55. The summed E-state index contributed by atoms with van der Waals surface area (Å²) in [5.41, 5.74) is 1.68. The summed E-state index contributed by atoms with van der Waals surface area (Å²) >= 11 is 0. The van der Waals surface area contributed by atoms with Gasteiger partial charge in [0.2, 0.25) is 15.9 Å². The molecule has 0 radical (unpaired) electrons. The van der Waals surface area contributed by atoms with Crippen LogP contribution in [0, 0.1) is 0 Å². The van der Waals surface area contributed by atoms with Gasteiger partial charge in [-0.25, -0.2) is 8.42 Å². The van der Waals surface area contributed by atoms with Gasteiger partial charge in [-0.1, -0.05) is 12.1 Å². The zero-order valence-corrected chi connectivity index (χ0v) is 15.8. The number of anilines is 1. The second-order valence-electron chi connectivity index (χ2n) is 6.76. The van der Waals surface area contributed by atoms with Gasteiger partial charge in [-0.2, -0.15) is 4.72 Å². The van der Waals surface area contributed by atoms with Crippen LogP contribution in [0.25, 0.3) is 0 Å². The highest BCUT2D eigenvalue weighted by Gasteiger charge is 2.37. The highest BCUT2D eigenvalue weighted by atomic mass is 32.2. The van der Waals surface area contributed by atoms with E-state index in [1.165, 1.54) is 6.92 Å². The number of sulfonamides is 1. The first-order valence-corrected chi connectivity index (χ1v) is 10.3. The lowest BCUT2D eigenvalue weighted by molar-refractivity contribution is -0.119. The highest BCUT2D eigenvalue weighted by Crippen LogP contribution is 2.38. The molecule has 2 aromatic carbocycles. The lowest BCUT2D eigenvalue weighted by Gasteiger charge is -2.33. The smallest absolute Gasteiger partial charge is 0.244 e. The second-order valence-corrected chi connectivity index (χ2v) is 8.44. The van der Waals surface area contributed by atoms with Crippen molar-refractivity contribution in [3.8, 4) is 11.5 Å². The second kappa shape index (κ2) is 6.86. The minimum Gasteiger partial charge on any atom is -0.457 e. The minimum atomic E-state index is -3.55. The summed E-state index contributed by atoms with van der Waals surface area (Å²) in [6.45, 7) is 2.77. The van der Waals surface area contributed by atoms with Crippen LogP contribution < -0.4 is 19.7 Å². The van der Waals surface area contributed by atoms with Crippen LogP contribution in [-0.4, -0.2) is 27.0 Å². The van der Waals surface area contributed by atoms with E-state index in [0.29, 0.717) is 18.0 Å². The van der Waals surface area contributed by atoms with Crippen LogP contribution in [0.4, 0.5) is 5.69 Å². The molecule has 2 aliphatic rings. The molecule has 0 saturated carbocycles. The van der Waals surface area contributed by atoms with E-state index in [4.69, 9.17) is 4.74 Å². The van der Waals surface area contributed by atoms with E-state index >= 15 is 0 Å². The Bertz CT molecular complexity index is 973. The molecule has 1 saturated heterocycles. The monoisotopic (exact) mass is 387 g/mol. The Kier molecular flexibility index (Phi) is 4.53. The fourth-order valence-electron chi connectivity index (χ4n) is 3.47. The SMILES string of the molecule is CC(=O)NCc1ccc(Oc2ccc3c(c2)S(=O)(=O)NC2CCCN32)cc1. The van der Waals surface area contributed by atoms with Crippen molar-refractivity contribution in [3.63, 3.8) is 0 Å². The number of fused-ring (bicyclic) bond motifs is 3. The van der Waals surface area contributed by atoms with Crippen LogP contribution >= 0.6 is 0 Å². The van der Waals surface area contributed by atoms with Crippen molar-refractivity contribution in [3.05, 3.63) is 48.0 Å². The van der Waals surface area contributed by atoms with E-state index in [-0.39, 0.29) is 17.0 Å². The topological polar surface area (TPSA) is 87.7 Å². The Morgan fingerprint density at radius 1 is 1.22 bits per heavy atom. The maximum absolute atomic E-state index is 12.6. The van der Waals surface area contributed by atoms with Gasteiger partial charge in [0.15, 0.2) is 0 Å². The quantitative estimate of drug-likeness (QED) is 0.841. The van der Waals surface area contributed by atoms with Gasteiger partial charge in [0.1, 0.15) is 16.4 Å². The number of carbonyl (C=O) groups is 1. The zero-order valence-electron chi connectivity index (χ0n) is 14.9. The first kappa shape index (κ1) is 17.8. The number of hydrogen-bond donors (Lipinski definition) is 2. The number of rotatable bonds is 4. The molecule has 7 nitrogen and oxygen atoms in total. The van der Waals surface area contributed by atoms with Crippen molar-refractivity contribution in [1.82, 2.24) is 10.0 Å². The largest absolute Gasteiger partial charge is 0.457 e. The molecule has 0 aliphatic carbocycles. The molecule has 0 spiro atoms. The summed E-state index contributed by atoms with van der Waals surface area (Å²) in [6.07, 6.45) is 1.64. The molecule has 8 heteroatoms. The van der Waals surface area contributed by atoms with E-state index in [1.807, 2.05) is 18.2 Å². The van der Waals surface area contributed by atoms with Gasteiger partial charge in [0, 0.05) is 26.1 Å². The Morgan fingerprint density at radius 2 is 1.96 bits per heavy atom. The van der Waals surface area contributed by atoms with E-state index in [0.717, 1.165) is 30.6 Å². The van der Waals surface area contributed by atoms with Gasteiger partial charge in [-0.05, 0) is 42.7 Å². The Labute approximate surface area is 158 Å². The first-order valence-electron chi connectivity index (χ1n) is 8.87. The van der Waals surface area contributed by atoms with Crippen molar-refractivity contribution in [2.75, 3.05) is 11.4 Å². The number of hydrogen-bond acceptors (Lipinski definition) is 5. The summed E-state index contributed by atoms with van der Waals surface area (Å²) in [7, 11) is -3.55. The van der Waals surface area contributed by atoms with Crippen LogP contribution in [0.15, 0.2) is 47.4 Å². The van der Waals surface area contributed by atoms with Gasteiger partial charge >= 0.3 is 0 Å². The number of carbonyl (C=O) groups excluding carboxylic acids is 1. The molecular weight excluding hydrogens is 366 g/mol. The molecule has 2 N–H and O–H groups in total. The van der Waals surface area contributed by atoms with Crippen LogP contribution in [0.1, 0.15) is 25.3 Å². The van der Waals surface area contributed by atoms with E-state index in [9.17, 15) is 13.2 Å². The third kappa shape index (κ3) is 3.63. The fourth-order valence-corrected chi connectivity index (χ4v) is 4.93. The molecule has 2 heterocycles. The molecule has 1 atom stereocenters. The molecule has 2 aliphatic heterocycles. The zero-order chi connectivity index (χ0) is 19.0. The molecule has 1 unspecified atom stereocenters. The van der Waals surface area contributed by atoms with Crippen molar-refractivity contribution >= 4 is 21.6 Å². The Hall–Kier alpha value is -2.58. The standard InChI is InChI=1S/C19H21N3O4S/c1-13(23)20-12-14-4-6-15(7-5-14)26-16-8-9-17-18(11-16)27(24,25)21-19-3-2-10-22(17)19/h4-9,11,19,21H,2-3,10,12H2,1H3,(H,20,23). The molecule has 0 bridgehead atoms. The molecule has 2 aromatic rings. The van der Waals surface area contributed by atoms with Crippen molar-refractivity contribution in [2.45, 2.75) is 37.4 Å². The first-order chi connectivity index (χ1) is 12.9. The normalized spacial score (nSPS) is 19.9. The summed E-state index contributed by atoms with van der Waals surface area (Å²) in [5, 5.41) is 2.73. The van der Waals surface area contributed by atoms with Gasteiger partial charge < -0.3 is 15.0 Å². The van der Waals surface area contributed by atoms with Crippen LogP contribution in [0.3, 0.4) is 0 Å². The van der Waals surface area contributed by atoms with E-state index in [1.54, 1.807) is 24.3 Å². The summed E-state index contributed by atoms with van der Waals surface area (Å²) in [5.74, 6) is 0.979. The van der Waals surface area contributed by atoms with E-state index < -0.39 is 10.0 Å². The maximum atomic E-state index is 12.6. The van der Waals surface area contributed by atoms with Crippen molar-refractivity contribution < 1.29 is 17.9 Å². The molecule has 1 amide bonds. The third-order valence-corrected chi connectivity index (χ3v) is 6.26. The highest BCUT2D eigenvalue weighted by molar-refractivity contribution is 7.89. The lowest BCUT2D eigenvalue weighted by Crippen LogP contribution is -2.48. The number of benzene rings is 2. The molecule has 1 fully saturated rings. The van der Waals surface area contributed by atoms with Crippen LogP contribution in [0.2, 0.25) is 0 Å². The third-order valence-electron chi connectivity index (χ3n) is 4.77. The van der Waals surface area contributed by atoms with Crippen LogP contribution in [-0.2, 0) is 21.4 Å². The number of nitrogens with zero attached hydrogens (tertiary/aromatic N) is 1. The fraction of sp³-hybridized carbons (Fsp3) is 0.316. The summed E-state index contributed by atoms with van der Waals surface area (Å²) in [4.78, 5) is 13.3. The summed E-state index contributed by atoms with van der Waals surface area (Å²) in [6, 6.07) is 12.5. The summed E-state index contributed by atoms with van der Waals surface area (Å²) < 4.78 is 33.7. The average molecular weight is 387 g/mol. The number of nitrogens with one attached hydrogen (secondary N) is 2. The number of ether oxygens (including phenoxy) is 1. The molecular formula is C19H21N3O4S. The van der Waals surface area contributed by atoms with Crippen LogP contribution in [0.5, 0.6) is 11.5 Å². The molecule has 27 heavy (non-hydrogen) atoms. The maximum Gasteiger partial charge on any atom is 0.244 e. The predicted octanol–water partition coefficient (Wildman–Crippen LogP) is 2.33. The molecule has 0 aromatic heterocycles. The average Bonchev–Trinajstić information content (AvgIpc) is 3.09. The molecule has 142 valence electrons. The van der Waals surface area contributed by atoms with Gasteiger partial charge in [-0.3, -0.25) is 4.79 Å². The van der Waals surface area contributed by atoms with Crippen molar-refractivity contribution in [1.29, 1.82) is 0 Å². The number of amides is 1. The van der Waals surface area contributed by atoms with E-state index in [2.05, 4.69) is 14.9 Å². The van der Waals surface area contributed by atoms with Gasteiger partial charge in [0.25, 0.3) is 0 Å². The minimum absolute atomic E-state index is 0.0838. The van der Waals surface area contributed by atoms with Crippen molar-refractivity contribution in [2.24, 2.45) is 0 Å². The van der Waals surface area contributed by atoms with Gasteiger partial charge in [0.05, 0.1) is 11.9 Å². The Morgan fingerprint density at radius 3 is 2.70 bits per heavy atom. The van der Waals surface area contributed by atoms with Gasteiger partial charge in [-0.15, -0.1) is 0 Å². The lowest BCUT2D eigenvalue weighted by atomic mass is 10.2. The molecule has 4 rings (SSSR count). The predicted molar refractivity (Wildman–Crippen MR) is 101 cm³/mol.